The van der Waals surface area contributed by atoms with Gasteiger partial charge in [-0.15, -0.1) is 12.6 Å². The van der Waals surface area contributed by atoms with Gasteiger partial charge < -0.3 is 10.5 Å². The second kappa shape index (κ2) is 3.57. The molecule has 0 spiro atoms. The topological polar surface area (TPSA) is 61.2 Å². The van der Waals surface area contributed by atoms with E-state index in [1.54, 1.807) is 0 Å². The van der Waals surface area contributed by atoms with Crippen molar-refractivity contribution in [1.29, 1.82) is 5.41 Å². The zero-order chi connectivity index (χ0) is 10.0. The van der Waals surface area contributed by atoms with Crippen molar-refractivity contribution < 1.29 is 14.3 Å². The van der Waals surface area contributed by atoms with Crippen molar-refractivity contribution in [1.82, 2.24) is 0 Å². The molecule has 0 bridgehead atoms. The van der Waals surface area contributed by atoms with Crippen LogP contribution in [0.2, 0.25) is 0 Å². The van der Waals surface area contributed by atoms with Crippen LogP contribution in [-0.4, -0.2) is 17.3 Å². The Morgan fingerprint density at radius 1 is 1.62 bits per heavy atom. The summed E-state index contributed by atoms with van der Waals surface area (Å²) in [5.41, 5.74) is -0.179. The number of carboxylic acids is 1. The van der Waals surface area contributed by atoms with Gasteiger partial charge in [-0.2, -0.15) is 0 Å². The number of aromatic carboxylic acids is 1. The van der Waals surface area contributed by atoms with Gasteiger partial charge in [0.25, 0.3) is 0 Å². The van der Waals surface area contributed by atoms with Gasteiger partial charge in [-0.05, 0) is 6.07 Å². The molecule has 0 aliphatic rings. The van der Waals surface area contributed by atoms with Gasteiger partial charge in [-0.1, -0.05) is 6.07 Å². The van der Waals surface area contributed by atoms with Gasteiger partial charge in [0.1, 0.15) is 0 Å². The number of thiol groups is 1. The molecule has 0 fully saturated rings. The van der Waals surface area contributed by atoms with Crippen LogP contribution in [0, 0.1) is 11.2 Å². The molecular weight excluding hydrogens is 193 g/mol. The first-order valence-corrected chi connectivity index (χ1v) is 3.78. The maximum Gasteiger partial charge on any atom is 0.338 e. The van der Waals surface area contributed by atoms with Crippen LogP contribution < -0.4 is 0 Å². The number of nitrogens with one attached hydrogen (secondary N) is 1. The molecule has 0 saturated carbocycles. The summed E-state index contributed by atoms with van der Waals surface area (Å²) in [7, 11) is 0. The van der Waals surface area contributed by atoms with Crippen molar-refractivity contribution >= 4 is 24.8 Å². The Labute approximate surface area is 79.1 Å². The maximum absolute atomic E-state index is 13.1. The lowest BCUT2D eigenvalue weighted by Gasteiger charge is -2.02. The van der Waals surface area contributed by atoms with E-state index in [1.165, 1.54) is 6.07 Å². The molecule has 0 unspecified atom stereocenters. The SMILES string of the molecule is N=Cc1ccc(C(=O)O)c(F)c1S. The number of rotatable bonds is 2. The predicted octanol–water partition coefficient (Wildman–Crippen LogP) is 1.81. The van der Waals surface area contributed by atoms with Gasteiger partial charge in [0.05, 0.1) is 5.56 Å². The zero-order valence-electron chi connectivity index (χ0n) is 6.41. The highest BCUT2D eigenvalue weighted by Gasteiger charge is 2.14. The van der Waals surface area contributed by atoms with E-state index in [1.807, 2.05) is 0 Å². The van der Waals surface area contributed by atoms with Gasteiger partial charge in [0.15, 0.2) is 5.82 Å². The summed E-state index contributed by atoms with van der Waals surface area (Å²) in [5, 5.41) is 15.4. The highest BCUT2D eigenvalue weighted by molar-refractivity contribution is 7.80. The summed E-state index contributed by atoms with van der Waals surface area (Å²) in [6.07, 6.45) is 0.914. The normalized spacial score (nSPS) is 9.69. The summed E-state index contributed by atoms with van der Waals surface area (Å²) in [5.74, 6) is -2.25. The second-order valence-electron chi connectivity index (χ2n) is 2.31. The second-order valence-corrected chi connectivity index (χ2v) is 2.76. The fourth-order valence-corrected chi connectivity index (χ4v) is 1.12. The zero-order valence-corrected chi connectivity index (χ0v) is 7.31. The van der Waals surface area contributed by atoms with Crippen LogP contribution in [-0.2, 0) is 0 Å². The molecule has 0 atom stereocenters. The Morgan fingerprint density at radius 3 is 2.69 bits per heavy atom. The molecule has 0 radical (unpaired) electrons. The summed E-state index contributed by atoms with van der Waals surface area (Å²) in [4.78, 5) is 10.3. The van der Waals surface area contributed by atoms with Crippen LogP contribution in [0.15, 0.2) is 17.0 Å². The smallest absolute Gasteiger partial charge is 0.338 e. The van der Waals surface area contributed by atoms with Gasteiger partial charge in [-0.3, -0.25) is 0 Å². The average Bonchev–Trinajstić information content (AvgIpc) is 2.09. The van der Waals surface area contributed by atoms with E-state index in [0.29, 0.717) is 0 Å². The lowest BCUT2D eigenvalue weighted by Crippen LogP contribution is -2.02. The Kier molecular flexibility index (Phi) is 2.67. The largest absolute Gasteiger partial charge is 0.478 e. The minimum absolute atomic E-state index is 0.116. The van der Waals surface area contributed by atoms with E-state index in [4.69, 9.17) is 10.5 Å². The summed E-state index contributed by atoms with van der Waals surface area (Å²) < 4.78 is 13.1. The molecule has 0 aliphatic carbocycles. The van der Waals surface area contributed by atoms with Crippen molar-refractivity contribution in [2.75, 3.05) is 0 Å². The molecule has 0 aromatic heterocycles. The quantitative estimate of drug-likeness (QED) is 0.502. The van der Waals surface area contributed by atoms with Crippen LogP contribution in [0.3, 0.4) is 0 Å². The third-order valence-electron chi connectivity index (χ3n) is 1.53. The van der Waals surface area contributed by atoms with Crippen molar-refractivity contribution in [3.8, 4) is 0 Å². The van der Waals surface area contributed by atoms with E-state index in [9.17, 15) is 9.18 Å². The number of hydrogen-bond donors (Lipinski definition) is 3. The number of hydrogen-bond acceptors (Lipinski definition) is 3. The van der Waals surface area contributed by atoms with E-state index in [2.05, 4.69) is 12.6 Å². The van der Waals surface area contributed by atoms with Gasteiger partial charge in [-0.25, -0.2) is 9.18 Å². The predicted molar refractivity (Wildman–Crippen MR) is 48.5 cm³/mol. The Morgan fingerprint density at radius 2 is 2.23 bits per heavy atom. The Bertz CT molecular complexity index is 379. The summed E-state index contributed by atoms with van der Waals surface area (Å²) in [6, 6.07) is 2.44. The van der Waals surface area contributed by atoms with Gasteiger partial charge in [0, 0.05) is 16.7 Å². The molecule has 5 heteroatoms. The lowest BCUT2D eigenvalue weighted by atomic mass is 10.1. The molecule has 0 saturated heterocycles. The van der Waals surface area contributed by atoms with Gasteiger partial charge in [0.2, 0.25) is 0 Å². The highest BCUT2D eigenvalue weighted by Crippen LogP contribution is 2.20. The number of benzene rings is 1. The van der Waals surface area contributed by atoms with Crippen LogP contribution in [0.4, 0.5) is 4.39 Å². The molecule has 0 heterocycles. The van der Waals surface area contributed by atoms with Crippen LogP contribution in [0.5, 0.6) is 0 Å². The molecule has 0 amide bonds. The molecule has 2 N–H and O–H groups in total. The first kappa shape index (κ1) is 9.73. The fraction of sp³-hybridized carbons (Fsp3) is 0. The first-order valence-electron chi connectivity index (χ1n) is 3.33. The average molecular weight is 199 g/mol. The van der Waals surface area contributed by atoms with Crippen LogP contribution in [0.1, 0.15) is 15.9 Å². The van der Waals surface area contributed by atoms with E-state index >= 15 is 0 Å². The van der Waals surface area contributed by atoms with Crippen molar-refractivity contribution in [2.24, 2.45) is 0 Å². The molecule has 68 valence electrons. The van der Waals surface area contributed by atoms with Crippen molar-refractivity contribution in [3.63, 3.8) is 0 Å². The third kappa shape index (κ3) is 1.70. The van der Waals surface area contributed by atoms with E-state index in [0.717, 1.165) is 12.3 Å². The van der Waals surface area contributed by atoms with E-state index < -0.39 is 17.3 Å². The molecule has 1 rings (SSSR count). The fourth-order valence-electron chi connectivity index (χ4n) is 0.861. The van der Waals surface area contributed by atoms with Crippen molar-refractivity contribution in [3.05, 3.63) is 29.1 Å². The van der Waals surface area contributed by atoms with E-state index in [-0.39, 0.29) is 10.5 Å². The third-order valence-corrected chi connectivity index (χ3v) is 1.99. The number of halogens is 1. The molecule has 13 heavy (non-hydrogen) atoms. The summed E-state index contributed by atoms with van der Waals surface area (Å²) >= 11 is 3.77. The molecule has 0 aliphatic heterocycles. The van der Waals surface area contributed by atoms with Crippen molar-refractivity contribution in [2.45, 2.75) is 4.90 Å². The Balaban J connectivity index is 3.39. The minimum Gasteiger partial charge on any atom is -0.478 e. The minimum atomic E-state index is -1.34. The highest BCUT2D eigenvalue weighted by atomic mass is 32.1. The monoisotopic (exact) mass is 199 g/mol. The first-order chi connectivity index (χ1) is 6.07. The summed E-state index contributed by atoms with van der Waals surface area (Å²) in [6.45, 7) is 0. The van der Waals surface area contributed by atoms with Gasteiger partial charge >= 0.3 is 5.97 Å². The van der Waals surface area contributed by atoms with Crippen LogP contribution >= 0.6 is 12.6 Å². The molecular formula is C8H6FNO2S. The standard InChI is InChI=1S/C8H6FNO2S/c9-6-5(8(11)12)2-1-4(3-10)7(6)13/h1-3,10,13H,(H,11,12). The maximum atomic E-state index is 13.1. The molecule has 1 aromatic carbocycles. The molecule has 1 aromatic rings. The number of carboxylic acid groups (broad SMARTS) is 1. The number of carbonyl (C=O) groups is 1. The van der Waals surface area contributed by atoms with Crippen LogP contribution in [0.25, 0.3) is 0 Å². The molecule has 3 nitrogen and oxygen atoms in total. The lowest BCUT2D eigenvalue weighted by molar-refractivity contribution is 0.0691. The Hall–Kier alpha value is -1.36.